The predicted octanol–water partition coefficient (Wildman–Crippen LogP) is 5.15. The molecule has 2 aromatic rings. The van der Waals surface area contributed by atoms with Crippen LogP contribution in [-0.4, -0.2) is 11.5 Å². The first-order valence-electron chi connectivity index (χ1n) is 7.93. The van der Waals surface area contributed by atoms with Gasteiger partial charge in [-0.05, 0) is 47.7 Å². The Kier molecular flexibility index (Phi) is 5.92. The molecule has 4 heteroatoms. The summed E-state index contributed by atoms with van der Waals surface area (Å²) in [6.07, 6.45) is 6.09. The zero-order valence-electron chi connectivity index (χ0n) is 13.6. The zero-order valence-corrected chi connectivity index (χ0v) is 13.6. The molecule has 0 aromatic heterocycles. The highest BCUT2D eigenvalue weighted by atomic mass is 16.6. The Bertz CT molecular complexity index is 691. The van der Waals surface area contributed by atoms with Crippen molar-refractivity contribution >= 4 is 23.5 Å². The summed E-state index contributed by atoms with van der Waals surface area (Å²) in [6.45, 7) is 5.22. The van der Waals surface area contributed by atoms with Crippen LogP contribution in [0.2, 0.25) is 0 Å². The van der Waals surface area contributed by atoms with Crippen LogP contribution in [0.5, 0.6) is 0 Å². The zero-order chi connectivity index (χ0) is 16.7. The summed E-state index contributed by atoms with van der Waals surface area (Å²) in [6, 6.07) is 13.0. The lowest BCUT2D eigenvalue weighted by Crippen LogP contribution is -2.02. The molecule has 120 valence electrons. The fourth-order valence-electron chi connectivity index (χ4n) is 2.27. The van der Waals surface area contributed by atoms with Crippen LogP contribution in [0.3, 0.4) is 0 Å². The normalized spacial score (nSPS) is 10.9. The van der Waals surface area contributed by atoms with Crippen LogP contribution in [-0.2, 0) is 6.42 Å². The molecule has 0 saturated carbocycles. The van der Waals surface area contributed by atoms with Crippen LogP contribution in [0.1, 0.15) is 37.0 Å². The molecule has 0 aliphatic rings. The molecular weight excluding hydrogens is 288 g/mol. The van der Waals surface area contributed by atoms with Crippen molar-refractivity contribution in [1.82, 2.24) is 0 Å². The van der Waals surface area contributed by atoms with Gasteiger partial charge in [-0.25, -0.2) is 0 Å². The monoisotopic (exact) mass is 310 g/mol. The average Bonchev–Trinajstić information content (AvgIpc) is 2.58. The van der Waals surface area contributed by atoms with Gasteiger partial charge in [-0.1, -0.05) is 38.1 Å². The van der Waals surface area contributed by atoms with E-state index in [-0.39, 0.29) is 10.6 Å². The number of hydrogen-bond acceptors (Lipinski definition) is 3. The predicted molar refractivity (Wildman–Crippen MR) is 96.6 cm³/mol. The summed E-state index contributed by atoms with van der Waals surface area (Å²) in [5, 5.41) is 14.1. The number of benzene rings is 2. The third kappa shape index (κ3) is 4.68. The number of nitro benzene ring substituents is 1. The maximum absolute atomic E-state index is 10.7. The van der Waals surface area contributed by atoms with E-state index in [9.17, 15) is 10.1 Å². The van der Waals surface area contributed by atoms with Crippen LogP contribution < -0.4 is 5.32 Å². The van der Waals surface area contributed by atoms with Gasteiger partial charge in [0, 0.05) is 24.4 Å². The molecule has 2 aromatic carbocycles. The molecule has 2 rings (SSSR count). The van der Waals surface area contributed by atoms with E-state index in [1.54, 1.807) is 12.1 Å². The summed E-state index contributed by atoms with van der Waals surface area (Å²) in [4.78, 5) is 10.3. The molecule has 23 heavy (non-hydrogen) atoms. The molecule has 0 radical (unpaired) electrons. The number of aryl methyl sites for hydroxylation is 1. The van der Waals surface area contributed by atoms with Gasteiger partial charge in [0.1, 0.15) is 0 Å². The first-order chi connectivity index (χ1) is 11.1. The van der Waals surface area contributed by atoms with Gasteiger partial charge in [0.05, 0.1) is 4.92 Å². The first-order valence-corrected chi connectivity index (χ1v) is 7.93. The van der Waals surface area contributed by atoms with Gasteiger partial charge >= 0.3 is 0 Å². The molecule has 1 N–H and O–H groups in total. The molecule has 0 saturated heterocycles. The molecule has 4 nitrogen and oxygen atoms in total. The minimum absolute atomic E-state index is 0.111. The van der Waals surface area contributed by atoms with Crippen LogP contribution in [0.15, 0.2) is 42.5 Å². The van der Waals surface area contributed by atoms with Crippen molar-refractivity contribution in [3.05, 3.63) is 69.3 Å². The van der Waals surface area contributed by atoms with Crippen LogP contribution in [0, 0.1) is 10.1 Å². The Balaban J connectivity index is 2.21. The van der Waals surface area contributed by atoms with Crippen molar-refractivity contribution in [3.63, 3.8) is 0 Å². The van der Waals surface area contributed by atoms with E-state index in [0.29, 0.717) is 0 Å². The molecular formula is C19H22N2O2. The second-order valence-corrected chi connectivity index (χ2v) is 5.38. The standard InChI is InChI=1S/C19H22N2O2/c1-3-13-20-19-14-15(4-2)5-9-17(19)10-6-16-7-11-18(12-8-16)21(22)23/h5-12,14,20H,3-4,13H2,1-2H3. The summed E-state index contributed by atoms with van der Waals surface area (Å²) in [5.74, 6) is 0. The van der Waals surface area contributed by atoms with Crippen molar-refractivity contribution < 1.29 is 4.92 Å². The Morgan fingerprint density at radius 2 is 1.83 bits per heavy atom. The SMILES string of the molecule is CCCNc1cc(CC)ccc1C=Cc1ccc([N+](=O)[O-])cc1. The van der Waals surface area contributed by atoms with Gasteiger partial charge in [0.25, 0.3) is 5.69 Å². The number of non-ortho nitro benzene ring substituents is 1. The summed E-state index contributed by atoms with van der Waals surface area (Å²) < 4.78 is 0. The molecule has 0 spiro atoms. The van der Waals surface area contributed by atoms with Crippen molar-refractivity contribution in [2.24, 2.45) is 0 Å². The largest absolute Gasteiger partial charge is 0.385 e. The number of nitro groups is 1. The number of hydrogen-bond donors (Lipinski definition) is 1. The van der Waals surface area contributed by atoms with Gasteiger partial charge in [0.2, 0.25) is 0 Å². The van der Waals surface area contributed by atoms with E-state index < -0.39 is 0 Å². The van der Waals surface area contributed by atoms with Gasteiger partial charge in [-0.3, -0.25) is 10.1 Å². The fourth-order valence-corrected chi connectivity index (χ4v) is 2.27. The van der Waals surface area contributed by atoms with E-state index in [1.165, 1.54) is 17.7 Å². The maximum atomic E-state index is 10.7. The van der Waals surface area contributed by atoms with Gasteiger partial charge in [0.15, 0.2) is 0 Å². The second-order valence-electron chi connectivity index (χ2n) is 5.38. The lowest BCUT2D eigenvalue weighted by Gasteiger charge is -2.10. The summed E-state index contributed by atoms with van der Waals surface area (Å²) in [5.41, 5.74) is 4.60. The van der Waals surface area contributed by atoms with Gasteiger partial charge < -0.3 is 5.32 Å². The van der Waals surface area contributed by atoms with Crippen LogP contribution in [0.25, 0.3) is 12.2 Å². The van der Waals surface area contributed by atoms with Crippen molar-refractivity contribution in [2.75, 3.05) is 11.9 Å². The Morgan fingerprint density at radius 3 is 2.43 bits per heavy atom. The van der Waals surface area contributed by atoms with E-state index in [1.807, 2.05) is 12.2 Å². The molecule has 0 amide bonds. The van der Waals surface area contributed by atoms with E-state index in [2.05, 4.69) is 37.4 Å². The molecule has 0 heterocycles. The fraction of sp³-hybridized carbons (Fsp3) is 0.263. The Hall–Kier alpha value is -2.62. The number of rotatable bonds is 7. The molecule has 0 aliphatic heterocycles. The minimum Gasteiger partial charge on any atom is -0.385 e. The minimum atomic E-state index is -0.385. The highest BCUT2D eigenvalue weighted by Gasteiger charge is 2.03. The first kappa shape index (κ1) is 16.7. The Morgan fingerprint density at radius 1 is 1.09 bits per heavy atom. The van der Waals surface area contributed by atoms with Crippen LogP contribution in [0.4, 0.5) is 11.4 Å². The van der Waals surface area contributed by atoms with E-state index in [0.717, 1.165) is 36.2 Å². The third-order valence-corrected chi connectivity index (χ3v) is 3.65. The van der Waals surface area contributed by atoms with Crippen molar-refractivity contribution in [1.29, 1.82) is 0 Å². The van der Waals surface area contributed by atoms with E-state index >= 15 is 0 Å². The molecule has 0 atom stereocenters. The van der Waals surface area contributed by atoms with Gasteiger partial charge in [-0.15, -0.1) is 0 Å². The van der Waals surface area contributed by atoms with Gasteiger partial charge in [-0.2, -0.15) is 0 Å². The average molecular weight is 310 g/mol. The molecule has 0 unspecified atom stereocenters. The van der Waals surface area contributed by atoms with E-state index in [4.69, 9.17) is 0 Å². The van der Waals surface area contributed by atoms with Crippen molar-refractivity contribution in [3.8, 4) is 0 Å². The molecule has 0 aliphatic carbocycles. The van der Waals surface area contributed by atoms with Crippen LogP contribution >= 0.6 is 0 Å². The maximum Gasteiger partial charge on any atom is 0.269 e. The second kappa shape index (κ2) is 8.13. The number of anilines is 1. The topological polar surface area (TPSA) is 55.2 Å². The number of nitrogens with one attached hydrogen (secondary N) is 1. The summed E-state index contributed by atoms with van der Waals surface area (Å²) in [7, 11) is 0. The smallest absolute Gasteiger partial charge is 0.269 e. The lowest BCUT2D eigenvalue weighted by atomic mass is 10.1. The summed E-state index contributed by atoms with van der Waals surface area (Å²) >= 11 is 0. The highest BCUT2D eigenvalue weighted by molar-refractivity contribution is 5.77. The highest BCUT2D eigenvalue weighted by Crippen LogP contribution is 2.22. The Labute approximate surface area is 137 Å². The molecule has 0 bridgehead atoms. The third-order valence-electron chi connectivity index (χ3n) is 3.65. The quantitative estimate of drug-likeness (QED) is 0.437. The number of nitrogens with zero attached hydrogens (tertiary/aromatic N) is 1. The lowest BCUT2D eigenvalue weighted by molar-refractivity contribution is -0.384. The molecule has 0 fully saturated rings. The van der Waals surface area contributed by atoms with Crippen molar-refractivity contribution in [2.45, 2.75) is 26.7 Å².